The molecule has 0 saturated heterocycles. The number of anilines is 1. The van der Waals surface area contributed by atoms with Crippen molar-refractivity contribution in [3.05, 3.63) is 53.0 Å². The third-order valence-electron chi connectivity index (χ3n) is 2.87. The van der Waals surface area contributed by atoms with E-state index in [1.54, 1.807) is 31.2 Å². The molecule has 2 rings (SSSR count). The zero-order valence-corrected chi connectivity index (χ0v) is 15.3. The molecule has 0 saturated carbocycles. The van der Waals surface area contributed by atoms with Crippen LogP contribution in [0.5, 0.6) is 5.75 Å². The van der Waals surface area contributed by atoms with Gasteiger partial charge in [-0.05, 0) is 49.4 Å². The van der Waals surface area contributed by atoms with Crippen molar-refractivity contribution in [1.29, 1.82) is 0 Å². The van der Waals surface area contributed by atoms with Gasteiger partial charge in [-0.1, -0.05) is 22.0 Å². The number of esters is 1. The van der Waals surface area contributed by atoms with Crippen LogP contribution in [-0.2, 0) is 19.6 Å². The van der Waals surface area contributed by atoms with Gasteiger partial charge in [0.15, 0.2) is 6.61 Å². The Balaban J connectivity index is 2.04. The quantitative estimate of drug-likeness (QED) is 0.704. The van der Waals surface area contributed by atoms with Gasteiger partial charge in [0.25, 0.3) is 10.0 Å². The molecular weight excluding hydrogens is 398 g/mol. The van der Waals surface area contributed by atoms with E-state index in [2.05, 4.69) is 20.7 Å². The summed E-state index contributed by atoms with van der Waals surface area (Å²) in [5.74, 6) is -0.102. The predicted octanol–water partition coefficient (Wildman–Crippen LogP) is 3.19. The molecule has 0 heterocycles. The summed E-state index contributed by atoms with van der Waals surface area (Å²) in [6, 6.07) is 12.6. The lowest BCUT2D eigenvalue weighted by Crippen LogP contribution is -2.15. The molecule has 0 aliphatic rings. The predicted molar refractivity (Wildman–Crippen MR) is 93.5 cm³/mol. The summed E-state index contributed by atoms with van der Waals surface area (Å²) in [4.78, 5) is 11.3. The zero-order chi connectivity index (χ0) is 17.6. The van der Waals surface area contributed by atoms with Crippen molar-refractivity contribution in [2.45, 2.75) is 11.8 Å². The van der Waals surface area contributed by atoms with Crippen LogP contribution in [0.15, 0.2) is 57.9 Å². The molecule has 0 bridgehead atoms. The summed E-state index contributed by atoms with van der Waals surface area (Å²) in [6.07, 6.45) is 0. The highest BCUT2D eigenvalue weighted by Crippen LogP contribution is 2.21. The fourth-order valence-corrected chi connectivity index (χ4v) is 3.27. The van der Waals surface area contributed by atoms with Gasteiger partial charge in [0.1, 0.15) is 5.75 Å². The first-order valence-electron chi connectivity index (χ1n) is 7.07. The van der Waals surface area contributed by atoms with Gasteiger partial charge in [0.05, 0.1) is 11.5 Å². The summed E-state index contributed by atoms with van der Waals surface area (Å²) in [7, 11) is -3.70. The minimum absolute atomic E-state index is 0.0889. The van der Waals surface area contributed by atoms with E-state index in [1.807, 2.05) is 0 Å². The fraction of sp³-hybridized carbons (Fsp3) is 0.188. The van der Waals surface area contributed by atoms with E-state index in [4.69, 9.17) is 9.47 Å². The van der Waals surface area contributed by atoms with Crippen LogP contribution in [0.2, 0.25) is 0 Å². The van der Waals surface area contributed by atoms with Crippen LogP contribution in [0.3, 0.4) is 0 Å². The Morgan fingerprint density at radius 2 is 1.88 bits per heavy atom. The topological polar surface area (TPSA) is 81.7 Å². The number of nitrogens with one attached hydrogen (secondary N) is 1. The molecule has 6 nitrogen and oxygen atoms in total. The van der Waals surface area contributed by atoms with Crippen LogP contribution in [0.1, 0.15) is 6.92 Å². The number of hydrogen-bond acceptors (Lipinski definition) is 5. The van der Waals surface area contributed by atoms with Gasteiger partial charge < -0.3 is 9.47 Å². The molecule has 0 atom stereocenters. The summed E-state index contributed by atoms with van der Waals surface area (Å²) >= 11 is 3.29. The van der Waals surface area contributed by atoms with E-state index in [0.717, 1.165) is 4.47 Å². The number of benzene rings is 2. The molecule has 128 valence electrons. The molecule has 0 amide bonds. The van der Waals surface area contributed by atoms with E-state index >= 15 is 0 Å². The van der Waals surface area contributed by atoms with Gasteiger partial charge in [0.2, 0.25) is 0 Å². The first-order chi connectivity index (χ1) is 11.4. The number of halogens is 1. The molecule has 2 aromatic rings. The molecule has 0 spiro atoms. The molecule has 0 aromatic heterocycles. The van der Waals surface area contributed by atoms with E-state index in [1.165, 1.54) is 24.3 Å². The number of rotatable bonds is 7. The summed E-state index contributed by atoms with van der Waals surface area (Å²) in [5, 5.41) is 0. The Labute approximate surface area is 149 Å². The third-order valence-corrected chi connectivity index (χ3v) is 4.76. The monoisotopic (exact) mass is 413 g/mol. The minimum atomic E-state index is -3.70. The molecule has 0 fully saturated rings. The average molecular weight is 414 g/mol. The smallest absolute Gasteiger partial charge is 0.344 e. The van der Waals surface area contributed by atoms with Crippen molar-refractivity contribution in [2.24, 2.45) is 0 Å². The van der Waals surface area contributed by atoms with Gasteiger partial charge >= 0.3 is 5.97 Å². The van der Waals surface area contributed by atoms with E-state index in [-0.39, 0.29) is 18.1 Å². The molecule has 0 unspecified atom stereocenters. The molecule has 0 aliphatic heterocycles. The normalized spacial score (nSPS) is 10.9. The molecule has 0 aliphatic carbocycles. The van der Waals surface area contributed by atoms with E-state index < -0.39 is 16.0 Å². The fourth-order valence-electron chi connectivity index (χ4n) is 1.83. The van der Waals surface area contributed by atoms with E-state index in [0.29, 0.717) is 11.4 Å². The highest BCUT2D eigenvalue weighted by molar-refractivity contribution is 9.10. The Bertz CT molecular complexity index is 805. The maximum atomic E-state index is 12.3. The third kappa shape index (κ3) is 5.24. The molecule has 24 heavy (non-hydrogen) atoms. The lowest BCUT2D eigenvalue weighted by atomic mass is 10.3. The van der Waals surface area contributed by atoms with Gasteiger partial charge in [0, 0.05) is 10.2 Å². The second-order valence-corrected chi connectivity index (χ2v) is 7.28. The lowest BCUT2D eigenvalue weighted by Gasteiger charge is -2.10. The Hall–Kier alpha value is -2.06. The average Bonchev–Trinajstić information content (AvgIpc) is 2.53. The van der Waals surface area contributed by atoms with Crippen molar-refractivity contribution in [3.63, 3.8) is 0 Å². The summed E-state index contributed by atoms with van der Waals surface area (Å²) in [6.45, 7) is 1.76. The van der Waals surface area contributed by atoms with Crippen molar-refractivity contribution >= 4 is 37.6 Å². The first kappa shape index (κ1) is 18.3. The van der Waals surface area contributed by atoms with Crippen LogP contribution in [-0.4, -0.2) is 27.6 Å². The minimum Gasteiger partial charge on any atom is -0.482 e. The standard InChI is InChI=1S/C16H16BrNO5S/c1-2-22-16(19)11-23-14-6-8-15(9-7-14)24(20,21)18-13-5-3-4-12(17)10-13/h3-10,18H,2,11H2,1H3. The Kier molecular flexibility index (Phi) is 6.22. The summed E-state index contributed by atoms with van der Waals surface area (Å²) in [5.41, 5.74) is 0.451. The highest BCUT2D eigenvalue weighted by atomic mass is 79.9. The zero-order valence-electron chi connectivity index (χ0n) is 12.9. The number of hydrogen-bond donors (Lipinski definition) is 1. The maximum absolute atomic E-state index is 12.3. The maximum Gasteiger partial charge on any atom is 0.344 e. The molecular formula is C16H16BrNO5S. The van der Waals surface area contributed by atoms with Gasteiger partial charge in [-0.25, -0.2) is 13.2 Å². The van der Waals surface area contributed by atoms with Gasteiger partial charge in [-0.3, -0.25) is 4.72 Å². The number of sulfonamides is 1. The van der Waals surface area contributed by atoms with Crippen LogP contribution >= 0.6 is 15.9 Å². The van der Waals surface area contributed by atoms with Crippen molar-refractivity contribution in [3.8, 4) is 5.75 Å². The van der Waals surface area contributed by atoms with Gasteiger partial charge in [-0.15, -0.1) is 0 Å². The van der Waals surface area contributed by atoms with Crippen molar-refractivity contribution in [2.75, 3.05) is 17.9 Å². The van der Waals surface area contributed by atoms with Crippen LogP contribution in [0.25, 0.3) is 0 Å². The van der Waals surface area contributed by atoms with Crippen molar-refractivity contribution < 1.29 is 22.7 Å². The molecule has 2 aromatic carbocycles. The van der Waals surface area contributed by atoms with Crippen molar-refractivity contribution in [1.82, 2.24) is 0 Å². The van der Waals surface area contributed by atoms with E-state index in [9.17, 15) is 13.2 Å². The number of carbonyl (C=O) groups is 1. The lowest BCUT2D eigenvalue weighted by molar-refractivity contribution is -0.145. The SMILES string of the molecule is CCOC(=O)COc1ccc(S(=O)(=O)Nc2cccc(Br)c2)cc1. The first-order valence-corrected chi connectivity index (χ1v) is 9.35. The second-order valence-electron chi connectivity index (χ2n) is 4.68. The second kappa shape index (κ2) is 8.16. The number of carbonyl (C=O) groups excluding carboxylic acids is 1. The Morgan fingerprint density at radius 3 is 2.50 bits per heavy atom. The molecule has 0 radical (unpaired) electrons. The Morgan fingerprint density at radius 1 is 1.17 bits per heavy atom. The summed E-state index contributed by atoms with van der Waals surface area (Å²) < 4.78 is 37.9. The highest BCUT2D eigenvalue weighted by Gasteiger charge is 2.14. The molecule has 8 heteroatoms. The molecule has 1 N–H and O–H groups in total. The van der Waals surface area contributed by atoms with Crippen LogP contribution in [0, 0.1) is 0 Å². The number of ether oxygens (including phenoxy) is 2. The van der Waals surface area contributed by atoms with Crippen LogP contribution < -0.4 is 9.46 Å². The largest absolute Gasteiger partial charge is 0.482 e. The van der Waals surface area contributed by atoms with Crippen LogP contribution in [0.4, 0.5) is 5.69 Å². The van der Waals surface area contributed by atoms with Gasteiger partial charge in [-0.2, -0.15) is 0 Å².